The zero-order valence-electron chi connectivity index (χ0n) is 10.5. The second-order valence-electron chi connectivity index (χ2n) is 4.62. The Balaban J connectivity index is 1.91. The summed E-state index contributed by atoms with van der Waals surface area (Å²) in [7, 11) is 0. The van der Waals surface area contributed by atoms with E-state index in [-0.39, 0.29) is 11.9 Å². The Bertz CT molecular complexity index is 648. The Labute approximate surface area is 131 Å². The first-order valence-electron chi connectivity index (χ1n) is 6.28. The van der Waals surface area contributed by atoms with Crippen molar-refractivity contribution in [1.82, 2.24) is 0 Å². The predicted molar refractivity (Wildman–Crippen MR) is 84.6 cm³/mol. The van der Waals surface area contributed by atoms with Crippen molar-refractivity contribution in [3.8, 4) is 0 Å². The third-order valence-electron chi connectivity index (χ3n) is 3.29. The molecule has 1 unspecified atom stereocenters. The van der Waals surface area contributed by atoms with Crippen LogP contribution in [0.25, 0.3) is 0 Å². The molecule has 0 spiro atoms. The fraction of sp³-hybridized carbons (Fsp3) is 0.200. The number of nitrogens with one attached hydrogen (secondary N) is 1. The van der Waals surface area contributed by atoms with Crippen LogP contribution in [-0.4, -0.2) is 5.75 Å². The molecular weight excluding hydrogens is 316 g/mol. The molecule has 1 atom stereocenters. The van der Waals surface area contributed by atoms with Crippen molar-refractivity contribution in [2.45, 2.75) is 17.4 Å². The number of halogens is 3. The van der Waals surface area contributed by atoms with E-state index in [4.69, 9.17) is 23.2 Å². The predicted octanol–water partition coefficient (Wildman–Crippen LogP) is 5.78. The molecule has 0 aliphatic carbocycles. The van der Waals surface area contributed by atoms with Crippen LogP contribution >= 0.6 is 35.0 Å². The van der Waals surface area contributed by atoms with Crippen molar-refractivity contribution in [1.29, 1.82) is 0 Å². The molecule has 0 saturated carbocycles. The van der Waals surface area contributed by atoms with Crippen molar-refractivity contribution in [2.24, 2.45) is 0 Å². The molecule has 2 aromatic rings. The standard InChI is InChI=1S/C15H12Cl2FNS/c16-9-4-5-14(11(17)8-9)19-13-6-7-20-15-10(13)2-1-3-12(15)18/h1-5,8,13,19H,6-7H2. The van der Waals surface area contributed by atoms with Crippen LogP contribution in [0, 0.1) is 5.82 Å². The van der Waals surface area contributed by atoms with Crippen molar-refractivity contribution >= 4 is 40.7 Å². The Morgan fingerprint density at radius 2 is 2.05 bits per heavy atom. The molecule has 0 aromatic heterocycles. The molecule has 0 saturated heterocycles. The first kappa shape index (κ1) is 14.1. The van der Waals surface area contributed by atoms with Crippen molar-refractivity contribution in [3.05, 3.63) is 57.8 Å². The van der Waals surface area contributed by atoms with Crippen LogP contribution in [0.2, 0.25) is 10.0 Å². The molecule has 0 fully saturated rings. The van der Waals surface area contributed by atoms with Gasteiger partial charge in [0.25, 0.3) is 0 Å². The Kier molecular flexibility index (Phi) is 4.11. The summed E-state index contributed by atoms with van der Waals surface area (Å²) in [5.41, 5.74) is 1.82. The first-order valence-corrected chi connectivity index (χ1v) is 8.02. The van der Waals surface area contributed by atoms with E-state index in [1.54, 1.807) is 30.0 Å². The van der Waals surface area contributed by atoms with Gasteiger partial charge in [-0.3, -0.25) is 0 Å². The number of benzene rings is 2. The van der Waals surface area contributed by atoms with E-state index in [0.29, 0.717) is 10.0 Å². The molecule has 1 heterocycles. The summed E-state index contributed by atoms with van der Waals surface area (Å²) in [6.45, 7) is 0. The van der Waals surface area contributed by atoms with Gasteiger partial charge in [-0.2, -0.15) is 0 Å². The third-order valence-corrected chi connectivity index (χ3v) is 4.99. The summed E-state index contributed by atoms with van der Waals surface area (Å²) in [5, 5.41) is 4.57. The van der Waals surface area contributed by atoms with Crippen LogP contribution in [-0.2, 0) is 0 Å². The van der Waals surface area contributed by atoms with Gasteiger partial charge >= 0.3 is 0 Å². The van der Waals surface area contributed by atoms with Crippen LogP contribution in [0.4, 0.5) is 10.1 Å². The minimum absolute atomic E-state index is 0.0700. The monoisotopic (exact) mass is 327 g/mol. The van der Waals surface area contributed by atoms with Gasteiger partial charge in [-0.15, -0.1) is 11.8 Å². The second-order valence-corrected chi connectivity index (χ2v) is 6.57. The van der Waals surface area contributed by atoms with Gasteiger partial charge in [-0.1, -0.05) is 35.3 Å². The molecule has 1 aliphatic rings. The van der Waals surface area contributed by atoms with E-state index < -0.39 is 0 Å². The van der Waals surface area contributed by atoms with E-state index in [0.717, 1.165) is 28.3 Å². The number of anilines is 1. The molecule has 0 bridgehead atoms. The van der Waals surface area contributed by atoms with Gasteiger partial charge in [0.15, 0.2) is 0 Å². The first-order chi connectivity index (χ1) is 9.65. The van der Waals surface area contributed by atoms with Crippen LogP contribution in [0.3, 0.4) is 0 Å². The largest absolute Gasteiger partial charge is 0.377 e. The van der Waals surface area contributed by atoms with Gasteiger partial charge < -0.3 is 5.32 Å². The lowest BCUT2D eigenvalue weighted by Gasteiger charge is -2.27. The smallest absolute Gasteiger partial charge is 0.137 e. The molecular formula is C15H12Cl2FNS. The maximum Gasteiger partial charge on any atom is 0.137 e. The lowest BCUT2D eigenvalue weighted by atomic mass is 10.0. The van der Waals surface area contributed by atoms with Gasteiger partial charge in [0.1, 0.15) is 5.82 Å². The zero-order valence-corrected chi connectivity index (χ0v) is 12.8. The fourth-order valence-electron chi connectivity index (χ4n) is 2.33. The quantitative estimate of drug-likeness (QED) is 0.750. The van der Waals surface area contributed by atoms with E-state index in [1.807, 2.05) is 12.1 Å². The van der Waals surface area contributed by atoms with Crippen molar-refractivity contribution in [3.63, 3.8) is 0 Å². The molecule has 104 valence electrons. The topological polar surface area (TPSA) is 12.0 Å². The molecule has 20 heavy (non-hydrogen) atoms. The maximum absolute atomic E-state index is 13.8. The third kappa shape index (κ3) is 2.76. The Hall–Kier alpha value is -0.900. The van der Waals surface area contributed by atoms with Gasteiger partial charge in [0.2, 0.25) is 0 Å². The van der Waals surface area contributed by atoms with Crippen molar-refractivity contribution in [2.75, 3.05) is 11.1 Å². The van der Waals surface area contributed by atoms with Crippen LogP contribution in [0.5, 0.6) is 0 Å². The highest BCUT2D eigenvalue weighted by Gasteiger charge is 2.23. The number of hydrogen-bond acceptors (Lipinski definition) is 2. The summed E-state index contributed by atoms with van der Waals surface area (Å²) in [5.74, 6) is 0.734. The highest BCUT2D eigenvalue weighted by atomic mass is 35.5. The van der Waals surface area contributed by atoms with Gasteiger partial charge in [-0.25, -0.2) is 4.39 Å². The summed E-state index contributed by atoms with van der Waals surface area (Å²) < 4.78 is 13.8. The molecule has 5 heteroatoms. The van der Waals surface area contributed by atoms with Crippen molar-refractivity contribution < 1.29 is 4.39 Å². The average molecular weight is 328 g/mol. The summed E-state index contributed by atoms with van der Waals surface area (Å²) in [4.78, 5) is 0.737. The number of thioether (sulfide) groups is 1. The highest BCUT2D eigenvalue weighted by molar-refractivity contribution is 7.99. The van der Waals surface area contributed by atoms with Gasteiger partial charge in [0.05, 0.1) is 16.8 Å². The highest BCUT2D eigenvalue weighted by Crippen LogP contribution is 2.40. The molecule has 3 rings (SSSR count). The number of rotatable bonds is 2. The fourth-order valence-corrected chi connectivity index (χ4v) is 3.93. The van der Waals surface area contributed by atoms with E-state index in [9.17, 15) is 4.39 Å². The minimum atomic E-state index is -0.152. The lowest BCUT2D eigenvalue weighted by Crippen LogP contribution is -2.17. The van der Waals surface area contributed by atoms with E-state index >= 15 is 0 Å². The number of fused-ring (bicyclic) bond motifs is 1. The van der Waals surface area contributed by atoms with Crippen LogP contribution < -0.4 is 5.32 Å². The molecule has 2 aromatic carbocycles. The number of hydrogen-bond donors (Lipinski definition) is 1. The Morgan fingerprint density at radius 3 is 2.85 bits per heavy atom. The van der Waals surface area contributed by atoms with Crippen LogP contribution in [0.15, 0.2) is 41.3 Å². The molecule has 1 N–H and O–H groups in total. The van der Waals surface area contributed by atoms with Gasteiger partial charge in [0, 0.05) is 15.7 Å². The molecule has 1 nitrogen and oxygen atoms in total. The second kappa shape index (κ2) is 5.84. The normalized spacial score (nSPS) is 17.6. The summed E-state index contributed by atoms with van der Waals surface area (Å²) >= 11 is 13.6. The summed E-state index contributed by atoms with van der Waals surface area (Å²) in [6.07, 6.45) is 0.931. The van der Waals surface area contributed by atoms with E-state index in [2.05, 4.69) is 5.32 Å². The molecule has 0 amide bonds. The minimum Gasteiger partial charge on any atom is -0.377 e. The SMILES string of the molecule is Fc1cccc2c1SCCC2Nc1ccc(Cl)cc1Cl. The molecule has 1 aliphatic heterocycles. The summed E-state index contributed by atoms with van der Waals surface area (Å²) in [6, 6.07) is 10.6. The van der Waals surface area contributed by atoms with Crippen LogP contribution in [0.1, 0.15) is 18.0 Å². The average Bonchev–Trinajstić information content (AvgIpc) is 2.43. The molecule has 0 radical (unpaired) electrons. The lowest BCUT2D eigenvalue weighted by molar-refractivity contribution is 0.585. The van der Waals surface area contributed by atoms with E-state index in [1.165, 1.54) is 6.07 Å². The maximum atomic E-state index is 13.8. The zero-order chi connectivity index (χ0) is 14.1. The van der Waals surface area contributed by atoms with Gasteiger partial charge in [-0.05, 0) is 36.2 Å². The Morgan fingerprint density at radius 1 is 1.20 bits per heavy atom.